The number of hydrogen-bond acceptors (Lipinski definition) is 3. The number of benzene rings is 1. The molecule has 21 heavy (non-hydrogen) atoms. The average Bonchev–Trinajstić information content (AvgIpc) is 2.68. The van der Waals surface area contributed by atoms with Crippen LogP contribution in [0.2, 0.25) is 0 Å². The minimum atomic E-state index is -0.943. The first-order valence-corrected chi connectivity index (χ1v) is 7.13. The van der Waals surface area contributed by atoms with Crippen LogP contribution in [0.25, 0.3) is 10.9 Å². The lowest BCUT2D eigenvalue weighted by atomic mass is 10.0. The van der Waals surface area contributed by atoms with E-state index in [1.807, 2.05) is 17.6 Å². The third-order valence-corrected chi connectivity index (χ3v) is 3.96. The Hall–Kier alpha value is -1.85. The molecule has 5 nitrogen and oxygen atoms in total. The summed E-state index contributed by atoms with van der Waals surface area (Å²) in [5, 5.41) is 20.4. The Kier molecular flexibility index (Phi) is 4.34. The van der Waals surface area contributed by atoms with Crippen LogP contribution >= 0.6 is 0 Å². The van der Waals surface area contributed by atoms with Gasteiger partial charge in [0.1, 0.15) is 0 Å². The van der Waals surface area contributed by atoms with E-state index < -0.39 is 12.1 Å². The highest BCUT2D eigenvalue weighted by molar-refractivity contribution is 6.05. The molecule has 0 saturated heterocycles. The third-order valence-electron chi connectivity index (χ3n) is 3.96. The number of rotatable bonds is 5. The van der Waals surface area contributed by atoms with E-state index in [0.717, 1.165) is 28.6 Å². The van der Waals surface area contributed by atoms with Gasteiger partial charge in [-0.2, -0.15) is 0 Å². The van der Waals surface area contributed by atoms with Gasteiger partial charge in [-0.05, 0) is 39.3 Å². The molecule has 0 saturated carbocycles. The number of carboxylic acid groups (broad SMARTS) is 1. The Morgan fingerprint density at radius 1 is 1.38 bits per heavy atom. The van der Waals surface area contributed by atoms with Crippen LogP contribution in [0.15, 0.2) is 12.1 Å². The van der Waals surface area contributed by atoms with Crippen LogP contribution in [0, 0.1) is 13.8 Å². The van der Waals surface area contributed by atoms with Gasteiger partial charge in [0.05, 0.1) is 17.2 Å². The number of aliphatic hydroxyl groups excluding tert-OH is 1. The lowest BCUT2D eigenvalue weighted by molar-refractivity contribution is 0.0698. The first-order chi connectivity index (χ1) is 9.90. The van der Waals surface area contributed by atoms with E-state index in [9.17, 15) is 15.0 Å². The SMILES string of the molecule is Cc1ccc2c(C(C)O)c(C)n(CCCN)c2c1C(=O)O. The molecule has 2 aromatic rings. The first kappa shape index (κ1) is 15.5. The molecule has 4 N–H and O–H groups in total. The summed E-state index contributed by atoms with van der Waals surface area (Å²) in [6, 6.07) is 3.69. The zero-order valence-corrected chi connectivity index (χ0v) is 12.7. The molecule has 0 aliphatic heterocycles. The van der Waals surface area contributed by atoms with Crippen LogP contribution in [0.3, 0.4) is 0 Å². The van der Waals surface area contributed by atoms with E-state index in [2.05, 4.69) is 0 Å². The monoisotopic (exact) mass is 290 g/mol. The molecule has 0 radical (unpaired) electrons. The molecule has 0 amide bonds. The highest BCUT2D eigenvalue weighted by Gasteiger charge is 2.23. The third kappa shape index (κ3) is 2.54. The summed E-state index contributed by atoms with van der Waals surface area (Å²) >= 11 is 0. The Morgan fingerprint density at radius 2 is 2.05 bits per heavy atom. The van der Waals surface area contributed by atoms with E-state index in [4.69, 9.17) is 5.73 Å². The molecule has 1 unspecified atom stereocenters. The van der Waals surface area contributed by atoms with Crippen molar-refractivity contribution in [2.75, 3.05) is 6.54 Å². The number of nitrogens with two attached hydrogens (primary N) is 1. The Labute approximate surface area is 124 Å². The minimum absolute atomic E-state index is 0.305. The lowest BCUT2D eigenvalue weighted by Gasteiger charge is -2.11. The van der Waals surface area contributed by atoms with Crippen LogP contribution in [0.4, 0.5) is 0 Å². The molecule has 1 atom stereocenters. The predicted molar refractivity (Wildman–Crippen MR) is 82.7 cm³/mol. The van der Waals surface area contributed by atoms with Crippen molar-refractivity contribution in [3.8, 4) is 0 Å². The topological polar surface area (TPSA) is 88.5 Å². The zero-order chi connectivity index (χ0) is 15.7. The van der Waals surface area contributed by atoms with Gasteiger partial charge in [-0.3, -0.25) is 0 Å². The van der Waals surface area contributed by atoms with Crippen molar-refractivity contribution < 1.29 is 15.0 Å². The lowest BCUT2D eigenvalue weighted by Crippen LogP contribution is -2.10. The fourth-order valence-electron chi connectivity index (χ4n) is 3.02. The molecular weight excluding hydrogens is 268 g/mol. The van der Waals surface area contributed by atoms with Crippen molar-refractivity contribution in [1.82, 2.24) is 4.57 Å². The molecular formula is C16H22N2O3. The Morgan fingerprint density at radius 3 is 2.57 bits per heavy atom. The number of carbonyl (C=O) groups is 1. The van der Waals surface area contributed by atoms with E-state index in [-0.39, 0.29) is 0 Å². The van der Waals surface area contributed by atoms with Gasteiger partial charge in [-0.15, -0.1) is 0 Å². The van der Waals surface area contributed by atoms with Crippen LogP contribution in [0.1, 0.15) is 46.6 Å². The molecule has 114 valence electrons. The van der Waals surface area contributed by atoms with Crippen molar-refractivity contribution in [1.29, 1.82) is 0 Å². The van der Waals surface area contributed by atoms with Gasteiger partial charge in [-0.1, -0.05) is 12.1 Å². The molecule has 0 bridgehead atoms. The molecule has 0 aliphatic rings. The summed E-state index contributed by atoms with van der Waals surface area (Å²) in [7, 11) is 0. The summed E-state index contributed by atoms with van der Waals surface area (Å²) in [5.74, 6) is -0.943. The first-order valence-electron chi connectivity index (χ1n) is 7.13. The molecule has 1 heterocycles. The van der Waals surface area contributed by atoms with Gasteiger partial charge in [-0.25, -0.2) is 4.79 Å². The number of hydrogen-bond donors (Lipinski definition) is 3. The quantitative estimate of drug-likeness (QED) is 0.788. The normalized spacial score (nSPS) is 12.8. The van der Waals surface area contributed by atoms with Gasteiger partial charge < -0.3 is 20.5 Å². The smallest absolute Gasteiger partial charge is 0.338 e. The maximum atomic E-state index is 11.7. The molecule has 0 spiro atoms. The second kappa shape index (κ2) is 5.87. The van der Waals surface area contributed by atoms with E-state index in [1.54, 1.807) is 19.9 Å². The van der Waals surface area contributed by atoms with Crippen LogP contribution < -0.4 is 5.73 Å². The van der Waals surface area contributed by atoms with Crippen LogP contribution in [-0.4, -0.2) is 27.3 Å². The van der Waals surface area contributed by atoms with Gasteiger partial charge >= 0.3 is 5.97 Å². The number of aromatic carboxylic acids is 1. The average molecular weight is 290 g/mol. The molecule has 0 fully saturated rings. The number of aromatic nitrogens is 1. The van der Waals surface area contributed by atoms with Gasteiger partial charge in [0.2, 0.25) is 0 Å². The van der Waals surface area contributed by atoms with Gasteiger partial charge in [0.15, 0.2) is 0 Å². The Balaban J connectivity index is 2.88. The van der Waals surface area contributed by atoms with E-state index >= 15 is 0 Å². The molecule has 2 rings (SSSR count). The van der Waals surface area contributed by atoms with E-state index in [1.165, 1.54) is 0 Å². The highest BCUT2D eigenvalue weighted by atomic mass is 16.4. The van der Waals surface area contributed by atoms with Crippen LogP contribution in [-0.2, 0) is 6.54 Å². The maximum Gasteiger partial charge on any atom is 0.338 e. The number of aliphatic hydroxyl groups is 1. The highest BCUT2D eigenvalue weighted by Crippen LogP contribution is 2.34. The summed E-state index contributed by atoms with van der Waals surface area (Å²) in [6.07, 6.45) is 0.118. The van der Waals surface area contributed by atoms with Gasteiger partial charge in [0.25, 0.3) is 0 Å². The van der Waals surface area contributed by atoms with Crippen molar-refractivity contribution in [2.45, 2.75) is 39.8 Å². The second-order valence-electron chi connectivity index (χ2n) is 5.43. The second-order valence-corrected chi connectivity index (χ2v) is 5.43. The van der Waals surface area contributed by atoms with Crippen molar-refractivity contribution in [3.63, 3.8) is 0 Å². The standard InChI is InChI=1S/C16H22N2O3/c1-9-5-6-12-14(11(3)19)10(2)18(8-4-7-17)15(12)13(9)16(20)21/h5-6,11,19H,4,7-8,17H2,1-3H3,(H,20,21). The summed E-state index contributed by atoms with van der Waals surface area (Å²) in [6.45, 7) is 6.60. The van der Waals surface area contributed by atoms with E-state index in [0.29, 0.717) is 24.2 Å². The summed E-state index contributed by atoms with van der Waals surface area (Å²) in [4.78, 5) is 11.7. The molecule has 1 aromatic heterocycles. The van der Waals surface area contributed by atoms with Crippen LogP contribution in [0.5, 0.6) is 0 Å². The molecule has 0 aliphatic carbocycles. The zero-order valence-electron chi connectivity index (χ0n) is 12.7. The van der Waals surface area contributed by atoms with Gasteiger partial charge in [0, 0.05) is 23.2 Å². The summed E-state index contributed by atoms with van der Waals surface area (Å²) in [5.41, 5.74) is 9.00. The van der Waals surface area contributed by atoms with Crippen molar-refractivity contribution in [3.05, 3.63) is 34.5 Å². The maximum absolute atomic E-state index is 11.7. The fraction of sp³-hybridized carbons (Fsp3) is 0.438. The largest absolute Gasteiger partial charge is 0.478 e. The summed E-state index contributed by atoms with van der Waals surface area (Å²) < 4.78 is 1.97. The number of nitrogens with zero attached hydrogens (tertiary/aromatic N) is 1. The predicted octanol–water partition coefficient (Wildman–Crippen LogP) is 2.36. The number of aryl methyl sites for hydroxylation is 2. The number of fused-ring (bicyclic) bond motifs is 1. The molecule has 5 heteroatoms. The van der Waals surface area contributed by atoms with Crippen molar-refractivity contribution in [2.24, 2.45) is 5.73 Å². The van der Waals surface area contributed by atoms with Crippen molar-refractivity contribution >= 4 is 16.9 Å². The Bertz CT molecular complexity index is 687. The molecule has 1 aromatic carbocycles. The number of carboxylic acids is 1. The fourth-order valence-corrected chi connectivity index (χ4v) is 3.02. The minimum Gasteiger partial charge on any atom is -0.478 e.